The van der Waals surface area contributed by atoms with Crippen molar-refractivity contribution in [2.45, 2.75) is 39.0 Å². The number of hydrogen-bond acceptors (Lipinski definition) is 3. The molecule has 0 atom stereocenters. The number of fused-ring (bicyclic) bond motifs is 1. The number of amides is 1. The van der Waals surface area contributed by atoms with E-state index in [-0.39, 0.29) is 11.8 Å². The largest absolute Gasteiger partial charge is 0.324 e. The lowest BCUT2D eigenvalue weighted by molar-refractivity contribution is -0.120. The van der Waals surface area contributed by atoms with Gasteiger partial charge in [0.1, 0.15) is 5.82 Å². The van der Waals surface area contributed by atoms with Crippen LogP contribution >= 0.6 is 0 Å². The summed E-state index contributed by atoms with van der Waals surface area (Å²) >= 11 is 0. The maximum absolute atomic E-state index is 12.2. The van der Waals surface area contributed by atoms with Crippen LogP contribution in [0.4, 0.5) is 5.69 Å². The standard InChI is InChI=1S/C14H18N4O/c1-10-15-13-8-7-12(9-18(13)17-10)16-14(19)11-5-3-2-4-6-11/h7-9,11H,2-6H2,1H3,(H,16,19). The molecule has 1 aliphatic rings. The van der Waals surface area contributed by atoms with E-state index >= 15 is 0 Å². The lowest BCUT2D eigenvalue weighted by Crippen LogP contribution is -2.24. The Labute approximate surface area is 112 Å². The van der Waals surface area contributed by atoms with Gasteiger partial charge >= 0.3 is 0 Å². The van der Waals surface area contributed by atoms with Gasteiger partial charge in [0.05, 0.1) is 11.9 Å². The van der Waals surface area contributed by atoms with Crippen LogP contribution in [0.25, 0.3) is 5.65 Å². The molecule has 0 aromatic carbocycles. The number of aryl methyl sites for hydroxylation is 1. The Morgan fingerprint density at radius 3 is 2.89 bits per heavy atom. The van der Waals surface area contributed by atoms with Crippen molar-refractivity contribution >= 4 is 17.2 Å². The van der Waals surface area contributed by atoms with Gasteiger partial charge in [-0.3, -0.25) is 4.79 Å². The fraction of sp³-hybridized carbons (Fsp3) is 0.500. The van der Waals surface area contributed by atoms with E-state index in [0.29, 0.717) is 0 Å². The highest BCUT2D eigenvalue weighted by Gasteiger charge is 2.21. The van der Waals surface area contributed by atoms with Gasteiger partial charge in [0.15, 0.2) is 5.65 Å². The molecule has 1 saturated carbocycles. The number of nitrogens with one attached hydrogen (secondary N) is 1. The first-order chi connectivity index (χ1) is 9.22. The fourth-order valence-electron chi connectivity index (χ4n) is 2.68. The number of anilines is 1. The maximum atomic E-state index is 12.2. The summed E-state index contributed by atoms with van der Waals surface area (Å²) in [5.74, 6) is 1.04. The van der Waals surface area contributed by atoms with Crippen molar-refractivity contribution in [3.05, 3.63) is 24.2 Å². The van der Waals surface area contributed by atoms with E-state index in [1.54, 1.807) is 4.52 Å². The summed E-state index contributed by atoms with van der Waals surface area (Å²) in [6, 6.07) is 3.75. The number of carbonyl (C=O) groups excluding carboxylic acids is 1. The molecule has 1 N–H and O–H groups in total. The topological polar surface area (TPSA) is 59.3 Å². The first-order valence-electron chi connectivity index (χ1n) is 6.86. The van der Waals surface area contributed by atoms with Gasteiger partial charge in [-0.25, -0.2) is 9.50 Å². The van der Waals surface area contributed by atoms with Crippen molar-refractivity contribution in [2.75, 3.05) is 5.32 Å². The van der Waals surface area contributed by atoms with Crippen LogP contribution in [0, 0.1) is 12.8 Å². The van der Waals surface area contributed by atoms with Crippen molar-refractivity contribution in [3.63, 3.8) is 0 Å². The molecule has 19 heavy (non-hydrogen) atoms. The first-order valence-corrected chi connectivity index (χ1v) is 6.86. The Bertz CT molecular complexity index is 599. The first kappa shape index (κ1) is 12.1. The molecule has 100 valence electrons. The van der Waals surface area contributed by atoms with Crippen molar-refractivity contribution in [1.82, 2.24) is 14.6 Å². The second kappa shape index (κ2) is 4.99. The molecule has 0 bridgehead atoms. The van der Waals surface area contributed by atoms with Crippen LogP contribution in [0.5, 0.6) is 0 Å². The number of pyridine rings is 1. The predicted molar refractivity (Wildman–Crippen MR) is 72.9 cm³/mol. The smallest absolute Gasteiger partial charge is 0.227 e. The molecule has 0 radical (unpaired) electrons. The van der Waals surface area contributed by atoms with Gasteiger partial charge in [-0.1, -0.05) is 19.3 Å². The van der Waals surface area contributed by atoms with Crippen molar-refractivity contribution in [2.24, 2.45) is 5.92 Å². The van der Waals surface area contributed by atoms with E-state index in [1.807, 2.05) is 25.3 Å². The molecular formula is C14H18N4O. The van der Waals surface area contributed by atoms with E-state index in [2.05, 4.69) is 15.4 Å². The second-order valence-electron chi connectivity index (χ2n) is 5.20. The lowest BCUT2D eigenvalue weighted by atomic mass is 9.88. The highest BCUT2D eigenvalue weighted by atomic mass is 16.1. The Balaban J connectivity index is 1.74. The Morgan fingerprint density at radius 1 is 1.32 bits per heavy atom. The van der Waals surface area contributed by atoms with Crippen LogP contribution in [0.3, 0.4) is 0 Å². The Kier molecular flexibility index (Phi) is 3.19. The van der Waals surface area contributed by atoms with Crippen LogP contribution in [-0.4, -0.2) is 20.5 Å². The minimum absolute atomic E-state index is 0.135. The van der Waals surface area contributed by atoms with Gasteiger partial charge in [0, 0.05) is 5.92 Å². The summed E-state index contributed by atoms with van der Waals surface area (Å²) < 4.78 is 1.70. The summed E-state index contributed by atoms with van der Waals surface area (Å²) in [4.78, 5) is 16.4. The molecule has 2 aromatic rings. The number of carbonyl (C=O) groups is 1. The fourth-order valence-corrected chi connectivity index (χ4v) is 2.68. The zero-order valence-corrected chi connectivity index (χ0v) is 11.1. The molecule has 3 rings (SSSR count). The molecule has 1 fully saturated rings. The molecule has 2 aromatic heterocycles. The van der Waals surface area contributed by atoms with Crippen molar-refractivity contribution < 1.29 is 4.79 Å². The molecule has 0 spiro atoms. The van der Waals surface area contributed by atoms with E-state index in [9.17, 15) is 4.79 Å². The third-order valence-corrected chi connectivity index (χ3v) is 3.68. The molecule has 1 amide bonds. The summed E-state index contributed by atoms with van der Waals surface area (Å²) in [5, 5.41) is 7.23. The van der Waals surface area contributed by atoms with Gasteiger partial charge in [-0.15, -0.1) is 0 Å². The molecule has 1 aliphatic carbocycles. The Morgan fingerprint density at radius 2 is 2.11 bits per heavy atom. The van der Waals surface area contributed by atoms with Crippen LogP contribution < -0.4 is 5.32 Å². The molecular weight excluding hydrogens is 240 g/mol. The van der Waals surface area contributed by atoms with Gasteiger partial charge in [-0.05, 0) is 31.9 Å². The minimum Gasteiger partial charge on any atom is -0.324 e. The third-order valence-electron chi connectivity index (χ3n) is 3.68. The molecule has 0 unspecified atom stereocenters. The van der Waals surface area contributed by atoms with Gasteiger partial charge in [0.25, 0.3) is 0 Å². The molecule has 5 heteroatoms. The summed E-state index contributed by atoms with van der Waals surface area (Å²) in [6.07, 6.45) is 7.43. The molecule has 2 heterocycles. The number of hydrogen-bond donors (Lipinski definition) is 1. The van der Waals surface area contributed by atoms with Crippen LogP contribution in [0.15, 0.2) is 18.3 Å². The highest BCUT2D eigenvalue weighted by Crippen LogP contribution is 2.24. The van der Waals surface area contributed by atoms with E-state index in [1.165, 1.54) is 19.3 Å². The number of aromatic nitrogens is 3. The van der Waals surface area contributed by atoms with Gasteiger partial charge in [-0.2, -0.15) is 5.10 Å². The van der Waals surface area contributed by atoms with Crippen LogP contribution in [0.2, 0.25) is 0 Å². The van der Waals surface area contributed by atoms with Gasteiger partial charge in [0.2, 0.25) is 5.91 Å². The van der Waals surface area contributed by atoms with Gasteiger partial charge < -0.3 is 5.32 Å². The lowest BCUT2D eigenvalue weighted by Gasteiger charge is -2.20. The summed E-state index contributed by atoms with van der Waals surface area (Å²) in [7, 11) is 0. The Hall–Kier alpha value is -1.91. The SMILES string of the molecule is Cc1nc2ccc(NC(=O)C3CCCCC3)cn2n1. The quantitative estimate of drug-likeness (QED) is 0.900. The average molecular weight is 258 g/mol. The zero-order valence-electron chi connectivity index (χ0n) is 11.1. The summed E-state index contributed by atoms with van der Waals surface area (Å²) in [5.41, 5.74) is 1.58. The zero-order chi connectivity index (χ0) is 13.2. The normalized spacial score (nSPS) is 16.7. The molecule has 0 aliphatic heterocycles. The van der Waals surface area contributed by atoms with E-state index in [4.69, 9.17) is 0 Å². The third kappa shape index (κ3) is 2.59. The highest BCUT2D eigenvalue weighted by molar-refractivity contribution is 5.92. The average Bonchev–Trinajstić information content (AvgIpc) is 2.79. The monoisotopic (exact) mass is 258 g/mol. The minimum atomic E-state index is 0.135. The van der Waals surface area contributed by atoms with Crippen LogP contribution in [0.1, 0.15) is 37.9 Å². The van der Waals surface area contributed by atoms with E-state index < -0.39 is 0 Å². The molecule has 0 saturated heterocycles. The second-order valence-corrected chi connectivity index (χ2v) is 5.20. The predicted octanol–water partition coefficient (Wildman–Crippen LogP) is 2.56. The maximum Gasteiger partial charge on any atom is 0.227 e. The number of rotatable bonds is 2. The number of nitrogens with zero attached hydrogens (tertiary/aromatic N) is 3. The summed E-state index contributed by atoms with van der Waals surface area (Å²) in [6.45, 7) is 1.85. The molecule has 5 nitrogen and oxygen atoms in total. The van der Waals surface area contributed by atoms with Crippen LogP contribution in [-0.2, 0) is 4.79 Å². The van der Waals surface area contributed by atoms with E-state index in [0.717, 1.165) is 30.0 Å². The van der Waals surface area contributed by atoms with Crippen molar-refractivity contribution in [3.8, 4) is 0 Å². The van der Waals surface area contributed by atoms with Crippen molar-refractivity contribution in [1.29, 1.82) is 0 Å².